The number of nitrogens with zero attached hydrogens (tertiary/aromatic N) is 5. The van der Waals surface area contributed by atoms with Gasteiger partial charge < -0.3 is 10.2 Å². The maximum absolute atomic E-state index is 12.1. The van der Waals surface area contributed by atoms with Gasteiger partial charge in [-0.05, 0) is 20.8 Å². The first-order valence-corrected chi connectivity index (χ1v) is 7.05. The molecule has 1 amide bonds. The van der Waals surface area contributed by atoms with E-state index in [9.17, 15) is 4.79 Å². The number of fused-ring (bicyclic) bond motifs is 1. The fraction of sp³-hybridized carbons (Fsp3) is 0.571. The Morgan fingerprint density at radius 2 is 2.05 bits per heavy atom. The average Bonchev–Trinajstić information content (AvgIpc) is 2.68. The molecule has 0 radical (unpaired) electrons. The minimum Gasteiger partial charge on any atom is -0.354 e. The van der Waals surface area contributed by atoms with Crippen molar-refractivity contribution in [2.45, 2.75) is 26.3 Å². The van der Waals surface area contributed by atoms with Crippen LogP contribution in [-0.2, 0) is 11.8 Å². The molecule has 7 nitrogen and oxygen atoms in total. The van der Waals surface area contributed by atoms with Gasteiger partial charge >= 0.3 is 0 Å². The molecule has 2 aromatic heterocycles. The van der Waals surface area contributed by atoms with Crippen LogP contribution >= 0.6 is 0 Å². The van der Waals surface area contributed by atoms with Crippen molar-refractivity contribution in [2.24, 2.45) is 13.0 Å². The van der Waals surface area contributed by atoms with E-state index in [0.717, 1.165) is 16.9 Å². The molecule has 1 fully saturated rings. The third-order valence-corrected chi connectivity index (χ3v) is 3.56. The highest BCUT2D eigenvalue weighted by Gasteiger charge is 2.35. The first-order valence-electron chi connectivity index (χ1n) is 7.05. The van der Waals surface area contributed by atoms with Gasteiger partial charge in [0.25, 0.3) is 0 Å². The number of carbonyl (C=O) groups is 1. The molecule has 112 valence electrons. The Kier molecular flexibility index (Phi) is 3.07. The van der Waals surface area contributed by atoms with Crippen LogP contribution in [0.1, 0.15) is 20.8 Å². The van der Waals surface area contributed by atoms with E-state index < -0.39 is 0 Å². The van der Waals surface area contributed by atoms with Gasteiger partial charge in [0.2, 0.25) is 5.91 Å². The minimum absolute atomic E-state index is 0.0194. The van der Waals surface area contributed by atoms with E-state index in [-0.39, 0.29) is 17.4 Å². The molecular formula is C14H20N6O. The SMILES string of the molecule is Cn1ncc2c(N3CC(C(=O)NC(C)(C)C)C3)ncnc21. The summed E-state index contributed by atoms with van der Waals surface area (Å²) in [6, 6.07) is 0. The second-order valence-electron chi connectivity index (χ2n) is 6.54. The zero-order chi connectivity index (χ0) is 15.2. The fourth-order valence-corrected chi connectivity index (χ4v) is 2.49. The van der Waals surface area contributed by atoms with Gasteiger partial charge in [-0.25, -0.2) is 9.97 Å². The second-order valence-corrected chi connectivity index (χ2v) is 6.54. The molecule has 21 heavy (non-hydrogen) atoms. The molecule has 0 bridgehead atoms. The lowest BCUT2D eigenvalue weighted by molar-refractivity contribution is -0.127. The third-order valence-electron chi connectivity index (χ3n) is 3.56. The van der Waals surface area contributed by atoms with Gasteiger partial charge in [0, 0.05) is 25.7 Å². The Morgan fingerprint density at radius 3 is 2.71 bits per heavy atom. The monoisotopic (exact) mass is 288 g/mol. The molecule has 3 rings (SSSR count). The Bertz CT molecular complexity index is 680. The second kappa shape index (κ2) is 4.68. The summed E-state index contributed by atoms with van der Waals surface area (Å²) >= 11 is 0. The van der Waals surface area contributed by atoms with Crippen molar-refractivity contribution < 1.29 is 4.79 Å². The lowest BCUT2D eigenvalue weighted by Gasteiger charge is -2.40. The predicted molar refractivity (Wildman–Crippen MR) is 79.9 cm³/mol. The maximum atomic E-state index is 12.1. The van der Waals surface area contributed by atoms with Crippen molar-refractivity contribution >= 4 is 22.8 Å². The number of anilines is 1. The predicted octanol–water partition coefficient (Wildman–Crippen LogP) is 0.714. The first-order chi connectivity index (χ1) is 9.85. The molecule has 1 N–H and O–H groups in total. The summed E-state index contributed by atoms with van der Waals surface area (Å²) in [6.07, 6.45) is 3.31. The normalized spacial score (nSPS) is 16.1. The molecule has 0 unspecified atom stereocenters. The third kappa shape index (κ3) is 2.55. The number of aryl methyl sites for hydroxylation is 1. The van der Waals surface area contributed by atoms with E-state index in [2.05, 4.69) is 25.3 Å². The summed E-state index contributed by atoms with van der Waals surface area (Å²) in [5.74, 6) is 0.981. The van der Waals surface area contributed by atoms with E-state index in [0.29, 0.717) is 13.1 Å². The number of rotatable bonds is 2. The van der Waals surface area contributed by atoms with Gasteiger partial charge in [-0.15, -0.1) is 0 Å². The lowest BCUT2D eigenvalue weighted by atomic mass is 9.97. The van der Waals surface area contributed by atoms with Gasteiger partial charge in [0.15, 0.2) is 5.65 Å². The van der Waals surface area contributed by atoms with Crippen molar-refractivity contribution in [1.29, 1.82) is 0 Å². The quantitative estimate of drug-likeness (QED) is 0.881. The van der Waals surface area contributed by atoms with Crippen molar-refractivity contribution in [1.82, 2.24) is 25.1 Å². The molecule has 0 aromatic carbocycles. The molecule has 0 spiro atoms. The van der Waals surface area contributed by atoms with Crippen LogP contribution in [0.2, 0.25) is 0 Å². The Morgan fingerprint density at radius 1 is 1.33 bits per heavy atom. The molecule has 0 atom stereocenters. The topological polar surface area (TPSA) is 75.9 Å². The fourth-order valence-electron chi connectivity index (χ4n) is 2.49. The highest BCUT2D eigenvalue weighted by Crippen LogP contribution is 2.28. The number of carbonyl (C=O) groups excluding carboxylic acids is 1. The molecule has 1 aliphatic rings. The van der Waals surface area contributed by atoms with Crippen LogP contribution in [0.15, 0.2) is 12.5 Å². The number of aromatic nitrogens is 4. The Hall–Kier alpha value is -2.18. The summed E-state index contributed by atoms with van der Waals surface area (Å²) in [4.78, 5) is 22.8. The number of hydrogen-bond acceptors (Lipinski definition) is 5. The molecule has 1 aliphatic heterocycles. The molecule has 0 aliphatic carbocycles. The Balaban J connectivity index is 1.72. The van der Waals surface area contributed by atoms with E-state index >= 15 is 0 Å². The average molecular weight is 288 g/mol. The van der Waals surface area contributed by atoms with Gasteiger partial charge in [0.05, 0.1) is 17.5 Å². The van der Waals surface area contributed by atoms with Crippen LogP contribution in [0, 0.1) is 5.92 Å². The van der Waals surface area contributed by atoms with Crippen molar-refractivity contribution in [3.05, 3.63) is 12.5 Å². The number of amides is 1. The van der Waals surface area contributed by atoms with Crippen LogP contribution in [0.5, 0.6) is 0 Å². The zero-order valence-electron chi connectivity index (χ0n) is 12.8. The highest BCUT2D eigenvalue weighted by atomic mass is 16.2. The van der Waals surface area contributed by atoms with Gasteiger partial charge in [-0.3, -0.25) is 9.48 Å². The minimum atomic E-state index is -0.191. The van der Waals surface area contributed by atoms with Crippen molar-refractivity contribution in [2.75, 3.05) is 18.0 Å². The van der Waals surface area contributed by atoms with Crippen molar-refractivity contribution in [3.63, 3.8) is 0 Å². The molecule has 1 saturated heterocycles. The van der Waals surface area contributed by atoms with E-state index in [4.69, 9.17) is 0 Å². The molecule has 3 heterocycles. The molecular weight excluding hydrogens is 268 g/mol. The van der Waals surface area contributed by atoms with Gasteiger partial charge in [-0.2, -0.15) is 5.10 Å². The van der Waals surface area contributed by atoms with Gasteiger partial charge in [-0.1, -0.05) is 0 Å². The lowest BCUT2D eigenvalue weighted by Crippen LogP contribution is -2.56. The van der Waals surface area contributed by atoms with Crippen LogP contribution in [0.3, 0.4) is 0 Å². The first kappa shape index (κ1) is 13.8. The zero-order valence-corrected chi connectivity index (χ0v) is 12.8. The largest absolute Gasteiger partial charge is 0.354 e. The van der Waals surface area contributed by atoms with Crippen molar-refractivity contribution in [3.8, 4) is 0 Å². The summed E-state index contributed by atoms with van der Waals surface area (Å²) < 4.78 is 1.73. The van der Waals surface area contributed by atoms with Crippen LogP contribution in [-0.4, -0.2) is 44.3 Å². The summed E-state index contributed by atoms with van der Waals surface area (Å²) in [5, 5.41) is 8.15. The Labute approximate surface area is 123 Å². The standard InChI is InChI=1S/C14H20N6O/c1-14(2,3)18-13(21)9-6-20(7-9)12-10-5-17-19(4)11(10)15-8-16-12/h5,8-9H,6-7H2,1-4H3,(H,18,21). The van der Waals surface area contributed by atoms with Crippen LogP contribution < -0.4 is 10.2 Å². The number of hydrogen-bond donors (Lipinski definition) is 1. The van der Waals surface area contributed by atoms with Crippen LogP contribution in [0.25, 0.3) is 11.0 Å². The summed E-state index contributed by atoms with van der Waals surface area (Å²) in [7, 11) is 1.86. The highest BCUT2D eigenvalue weighted by molar-refractivity contribution is 5.89. The smallest absolute Gasteiger partial charge is 0.227 e. The van der Waals surface area contributed by atoms with Crippen LogP contribution in [0.4, 0.5) is 5.82 Å². The molecule has 7 heteroatoms. The summed E-state index contributed by atoms with van der Waals surface area (Å²) in [5.41, 5.74) is 0.617. The van der Waals surface area contributed by atoms with E-state index in [1.807, 2.05) is 27.8 Å². The molecule has 2 aromatic rings. The van der Waals surface area contributed by atoms with E-state index in [1.165, 1.54) is 0 Å². The number of nitrogens with one attached hydrogen (secondary N) is 1. The summed E-state index contributed by atoms with van der Waals surface area (Å²) in [6.45, 7) is 7.34. The van der Waals surface area contributed by atoms with Gasteiger partial charge in [0.1, 0.15) is 12.1 Å². The van der Waals surface area contributed by atoms with E-state index in [1.54, 1.807) is 17.2 Å². The maximum Gasteiger partial charge on any atom is 0.227 e. The molecule has 0 saturated carbocycles.